The topological polar surface area (TPSA) is 12.4 Å². The van der Waals surface area contributed by atoms with E-state index in [0.29, 0.717) is 0 Å². The molecule has 1 nitrogen and oxygen atoms in total. The van der Waals surface area contributed by atoms with Crippen molar-refractivity contribution >= 4 is 21.6 Å². The molecule has 0 radical (unpaired) electrons. The zero-order valence-electron chi connectivity index (χ0n) is 6.26. The number of rotatable bonds is 0. The fraction of sp³-hybridized carbons (Fsp3) is 0.222. The first kappa shape index (κ1) is 7.04. The molecule has 0 aromatic heterocycles. The van der Waals surface area contributed by atoms with Crippen molar-refractivity contribution in [3.8, 4) is 0 Å². The third-order valence-corrected chi connectivity index (χ3v) is 2.44. The Morgan fingerprint density at radius 2 is 2.27 bits per heavy atom. The average molecular weight is 210 g/mol. The summed E-state index contributed by atoms with van der Waals surface area (Å²) in [6.07, 6.45) is 0. The molecule has 1 aliphatic rings. The highest BCUT2D eigenvalue weighted by atomic mass is 79.9. The minimum absolute atomic E-state index is 0.856. The van der Waals surface area contributed by atoms with Gasteiger partial charge in [-0.05, 0) is 24.6 Å². The summed E-state index contributed by atoms with van der Waals surface area (Å²) in [5.41, 5.74) is 3.78. The van der Waals surface area contributed by atoms with E-state index in [1.165, 1.54) is 11.1 Å². The summed E-state index contributed by atoms with van der Waals surface area (Å²) in [7, 11) is 0. The van der Waals surface area contributed by atoms with Crippen molar-refractivity contribution in [2.24, 2.45) is 4.99 Å². The Balaban J connectivity index is 2.60. The van der Waals surface area contributed by atoms with Crippen LogP contribution >= 0.6 is 15.9 Å². The predicted molar refractivity (Wildman–Crippen MR) is 50.1 cm³/mol. The summed E-state index contributed by atoms with van der Waals surface area (Å²) in [5.74, 6) is 0. The Kier molecular flexibility index (Phi) is 1.57. The van der Waals surface area contributed by atoms with Crippen molar-refractivity contribution in [3.63, 3.8) is 0 Å². The van der Waals surface area contributed by atoms with Crippen LogP contribution < -0.4 is 0 Å². The third kappa shape index (κ3) is 1.11. The van der Waals surface area contributed by atoms with Crippen molar-refractivity contribution in [1.29, 1.82) is 0 Å². The van der Waals surface area contributed by atoms with E-state index in [0.717, 1.165) is 16.7 Å². The van der Waals surface area contributed by atoms with Gasteiger partial charge in [0.15, 0.2) is 0 Å². The van der Waals surface area contributed by atoms with Gasteiger partial charge in [-0.2, -0.15) is 0 Å². The van der Waals surface area contributed by atoms with Crippen molar-refractivity contribution < 1.29 is 0 Å². The van der Waals surface area contributed by atoms with Crippen LogP contribution in [0.5, 0.6) is 0 Å². The molecule has 0 aliphatic carbocycles. The van der Waals surface area contributed by atoms with E-state index in [9.17, 15) is 0 Å². The van der Waals surface area contributed by atoms with Gasteiger partial charge in [-0.15, -0.1) is 0 Å². The van der Waals surface area contributed by atoms with E-state index in [4.69, 9.17) is 0 Å². The molecule has 1 aromatic carbocycles. The Morgan fingerprint density at radius 1 is 1.45 bits per heavy atom. The lowest BCUT2D eigenvalue weighted by Crippen LogP contribution is -1.90. The fourth-order valence-corrected chi connectivity index (χ4v) is 1.67. The minimum Gasteiger partial charge on any atom is -0.285 e. The molecule has 56 valence electrons. The van der Waals surface area contributed by atoms with Crippen LogP contribution in [0.15, 0.2) is 27.7 Å². The predicted octanol–water partition coefficient (Wildman–Crippen LogP) is 2.77. The molecular weight excluding hydrogens is 202 g/mol. The van der Waals surface area contributed by atoms with E-state index in [2.05, 4.69) is 46.0 Å². The fourth-order valence-electron chi connectivity index (χ4n) is 1.31. The molecule has 0 fully saturated rings. The molecule has 0 saturated heterocycles. The number of nitrogens with zero attached hydrogens (tertiary/aromatic N) is 1. The summed E-state index contributed by atoms with van der Waals surface area (Å²) >= 11 is 3.44. The van der Waals surface area contributed by atoms with Gasteiger partial charge < -0.3 is 0 Å². The number of hydrogen-bond acceptors (Lipinski definition) is 1. The van der Waals surface area contributed by atoms with Gasteiger partial charge in [0.2, 0.25) is 0 Å². The SMILES string of the molecule is CC1=NCc2ccc(Br)cc21. The number of fused-ring (bicyclic) bond motifs is 1. The van der Waals surface area contributed by atoms with E-state index >= 15 is 0 Å². The number of hydrogen-bond donors (Lipinski definition) is 0. The van der Waals surface area contributed by atoms with Crippen LogP contribution in [-0.2, 0) is 6.54 Å². The van der Waals surface area contributed by atoms with Crippen LogP contribution in [0.4, 0.5) is 0 Å². The molecular formula is C9H8BrN. The summed E-state index contributed by atoms with van der Waals surface area (Å²) in [5, 5.41) is 0. The second kappa shape index (κ2) is 2.45. The molecule has 0 atom stereocenters. The molecule has 0 saturated carbocycles. The quantitative estimate of drug-likeness (QED) is 0.624. The summed E-state index contributed by atoms with van der Waals surface area (Å²) < 4.78 is 1.13. The largest absolute Gasteiger partial charge is 0.285 e. The molecule has 1 aromatic rings. The van der Waals surface area contributed by atoms with Crippen LogP contribution in [0.1, 0.15) is 18.1 Å². The maximum absolute atomic E-state index is 4.34. The van der Waals surface area contributed by atoms with E-state index < -0.39 is 0 Å². The van der Waals surface area contributed by atoms with Crippen LogP contribution in [0.3, 0.4) is 0 Å². The molecule has 0 amide bonds. The van der Waals surface area contributed by atoms with Gasteiger partial charge >= 0.3 is 0 Å². The van der Waals surface area contributed by atoms with Crippen molar-refractivity contribution in [3.05, 3.63) is 33.8 Å². The van der Waals surface area contributed by atoms with Gasteiger partial charge in [0.25, 0.3) is 0 Å². The van der Waals surface area contributed by atoms with Crippen LogP contribution in [0.25, 0.3) is 0 Å². The first-order chi connectivity index (χ1) is 5.27. The molecule has 0 bridgehead atoms. The normalized spacial score (nSPS) is 14.5. The standard InChI is InChI=1S/C9H8BrN/c1-6-9-4-8(10)3-2-7(9)5-11-6/h2-4H,5H2,1H3. The number of halogens is 1. The lowest BCUT2D eigenvalue weighted by Gasteiger charge is -1.98. The minimum atomic E-state index is 0.856. The highest BCUT2D eigenvalue weighted by Crippen LogP contribution is 2.22. The van der Waals surface area contributed by atoms with Crippen LogP contribution in [-0.4, -0.2) is 5.71 Å². The molecule has 0 unspecified atom stereocenters. The molecule has 11 heavy (non-hydrogen) atoms. The van der Waals surface area contributed by atoms with E-state index in [-0.39, 0.29) is 0 Å². The smallest absolute Gasteiger partial charge is 0.0649 e. The highest BCUT2D eigenvalue weighted by molar-refractivity contribution is 9.10. The van der Waals surface area contributed by atoms with Gasteiger partial charge in [-0.1, -0.05) is 22.0 Å². The number of benzene rings is 1. The second-order valence-corrected chi connectivity index (χ2v) is 3.62. The first-order valence-electron chi connectivity index (χ1n) is 3.57. The monoisotopic (exact) mass is 209 g/mol. The highest BCUT2D eigenvalue weighted by Gasteiger charge is 2.10. The van der Waals surface area contributed by atoms with E-state index in [1.807, 2.05) is 0 Å². The molecule has 1 aliphatic heterocycles. The number of aliphatic imine (C=N–C) groups is 1. The first-order valence-corrected chi connectivity index (χ1v) is 4.36. The maximum atomic E-state index is 4.34. The van der Waals surface area contributed by atoms with Gasteiger partial charge in [-0.3, -0.25) is 4.99 Å². The lowest BCUT2D eigenvalue weighted by atomic mass is 10.1. The molecule has 0 spiro atoms. The van der Waals surface area contributed by atoms with Crippen molar-refractivity contribution in [1.82, 2.24) is 0 Å². The van der Waals surface area contributed by atoms with Gasteiger partial charge in [0, 0.05) is 15.7 Å². The van der Waals surface area contributed by atoms with Gasteiger partial charge in [-0.25, -0.2) is 0 Å². The average Bonchev–Trinajstić information content (AvgIpc) is 2.33. The second-order valence-electron chi connectivity index (χ2n) is 2.70. The third-order valence-electron chi connectivity index (χ3n) is 1.95. The van der Waals surface area contributed by atoms with E-state index in [1.54, 1.807) is 0 Å². The van der Waals surface area contributed by atoms with Crippen LogP contribution in [0, 0.1) is 0 Å². The lowest BCUT2D eigenvalue weighted by molar-refractivity contribution is 1.11. The zero-order chi connectivity index (χ0) is 7.84. The van der Waals surface area contributed by atoms with Crippen molar-refractivity contribution in [2.75, 3.05) is 0 Å². The summed E-state index contributed by atoms with van der Waals surface area (Å²) in [6, 6.07) is 6.31. The Labute approximate surface area is 74.3 Å². The van der Waals surface area contributed by atoms with Gasteiger partial charge in [0.1, 0.15) is 0 Å². The Morgan fingerprint density at radius 3 is 3.09 bits per heavy atom. The van der Waals surface area contributed by atoms with Crippen LogP contribution in [0.2, 0.25) is 0 Å². The molecule has 2 rings (SSSR count). The Hall–Kier alpha value is -0.630. The Bertz CT molecular complexity index is 328. The molecule has 1 heterocycles. The molecule has 2 heteroatoms. The summed E-state index contributed by atoms with van der Waals surface area (Å²) in [4.78, 5) is 4.34. The zero-order valence-corrected chi connectivity index (χ0v) is 7.85. The summed E-state index contributed by atoms with van der Waals surface area (Å²) in [6.45, 7) is 2.91. The van der Waals surface area contributed by atoms with Gasteiger partial charge in [0.05, 0.1) is 6.54 Å². The van der Waals surface area contributed by atoms with Crippen molar-refractivity contribution in [2.45, 2.75) is 13.5 Å². The maximum Gasteiger partial charge on any atom is 0.0649 e. The molecule has 0 N–H and O–H groups in total.